The van der Waals surface area contributed by atoms with Crippen molar-refractivity contribution in [1.82, 2.24) is 10.2 Å². The number of nitrogens with one attached hydrogen (secondary N) is 1. The Bertz CT molecular complexity index is 867. The highest BCUT2D eigenvalue weighted by molar-refractivity contribution is 6.05. The van der Waals surface area contributed by atoms with E-state index in [4.69, 9.17) is 4.74 Å². The lowest BCUT2D eigenvalue weighted by Crippen LogP contribution is -2.35. The van der Waals surface area contributed by atoms with Crippen molar-refractivity contribution < 1.29 is 23.9 Å². The molecule has 3 amide bonds. The molecule has 7 heteroatoms. The van der Waals surface area contributed by atoms with Crippen molar-refractivity contribution in [1.29, 1.82) is 0 Å². The van der Waals surface area contributed by atoms with Crippen LogP contribution in [0.15, 0.2) is 36.4 Å². The topological polar surface area (TPSA) is 92.8 Å². The summed E-state index contributed by atoms with van der Waals surface area (Å²) in [6.07, 6.45) is 7.74. The largest absolute Gasteiger partial charge is 0.456 e. The van der Waals surface area contributed by atoms with Crippen LogP contribution < -0.4 is 5.32 Å². The summed E-state index contributed by atoms with van der Waals surface area (Å²) in [4.78, 5) is 50.3. The van der Waals surface area contributed by atoms with Gasteiger partial charge in [0, 0.05) is 6.54 Å². The zero-order chi connectivity index (χ0) is 21.1. The molecule has 0 bridgehead atoms. The fraction of sp³-hybridized carbons (Fsp3) is 0.478. The monoisotopic (exact) mass is 410 g/mol. The molecule has 0 saturated carbocycles. The smallest absolute Gasteiger partial charge is 0.308 e. The van der Waals surface area contributed by atoms with E-state index in [0.29, 0.717) is 12.8 Å². The molecule has 4 rings (SSSR count). The predicted octanol–water partition coefficient (Wildman–Crippen LogP) is 2.06. The van der Waals surface area contributed by atoms with Gasteiger partial charge in [-0.3, -0.25) is 24.1 Å². The number of fused-ring (bicyclic) bond motifs is 2. The van der Waals surface area contributed by atoms with Gasteiger partial charge in [0.05, 0.1) is 24.3 Å². The maximum absolute atomic E-state index is 12.4. The van der Waals surface area contributed by atoms with Gasteiger partial charge in [-0.2, -0.15) is 0 Å². The van der Waals surface area contributed by atoms with Gasteiger partial charge in [-0.05, 0) is 43.2 Å². The minimum atomic E-state index is -0.595. The van der Waals surface area contributed by atoms with Crippen molar-refractivity contribution >= 4 is 23.7 Å². The maximum atomic E-state index is 12.4. The number of hydrogen-bond donors (Lipinski definition) is 1. The number of amides is 3. The number of allylic oxidation sites excluding steroid dienone is 2. The fourth-order valence-electron chi connectivity index (χ4n) is 4.65. The van der Waals surface area contributed by atoms with Gasteiger partial charge in [0.25, 0.3) is 5.91 Å². The number of rotatable bonds is 6. The first-order chi connectivity index (χ1) is 14.5. The molecule has 0 unspecified atom stereocenters. The number of aryl methyl sites for hydroxylation is 1. The van der Waals surface area contributed by atoms with Gasteiger partial charge in [0.1, 0.15) is 0 Å². The Hall–Kier alpha value is -2.96. The lowest BCUT2D eigenvalue weighted by Gasteiger charge is -2.26. The van der Waals surface area contributed by atoms with Crippen LogP contribution in [0.1, 0.15) is 49.3 Å². The van der Waals surface area contributed by atoms with Crippen LogP contribution in [0.2, 0.25) is 0 Å². The van der Waals surface area contributed by atoms with Gasteiger partial charge in [-0.1, -0.05) is 36.4 Å². The number of likely N-dealkylation sites (tertiary alicyclic amines) is 1. The summed E-state index contributed by atoms with van der Waals surface area (Å²) in [6, 6.07) is 7.96. The number of carbonyl (C=O) groups excluding carboxylic acids is 4. The first-order valence-corrected chi connectivity index (χ1v) is 10.6. The molecule has 1 aromatic carbocycles. The van der Waals surface area contributed by atoms with Gasteiger partial charge in [-0.15, -0.1) is 0 Å². The van der Waals surface area contributed by atoms with Crippen molar-refractivity contribution in [2.24, 2.45) is 11.8 Å². The van der Waals surface area contributed by atoms with Crippen LogP contribution in [-0.2, 0) is 30.3 Å². The zero-order valence-corrected chi connectivity index (χ0v) is 16.8. The normalized spacial score (nSPS) is 24.9. The average molecular weight is 410 g/mol. The molecule has 1 heterocycles. The minimum absolute atomic E-state index is 0.00111. The molecule has 0 spiro atoms. The predicted molar refractivity (Wildman–Crippen MR) is 108 cm³/mol. The average Bonchev–Trinajstić information content (AvgIpc) is 3.01. The molecule has 2 aliphatic carbocycles. The molecule has 1 fully saturated rings. The van der Waals surface area contributed by atoms with Crippen LogP contribution >= 0.6 is 0 Å². The fourth-order valence-corrected chi connectivity index (χ4v) is 4.65. The molecular weight excluding hydrogens is 384 g/mol. The molecule has 30 heavy (non-hydrogen) atoms. The molecule has 0 radical (unpaired) electrons. The first kappa shape index (κ1) is 20.3. The molecule has 0 aromatic heterocycles. The molecular formula is C23H26N2O5. The standard InChI is InChI=1S/C23H26N2O5/c26-20(24-19-11-5-7-15-6-1-2-8-16(15)19)14-30-21(27)12-13-25-22(28)17-9-3-4-10-18(17)23(25)29/h1-4,6,8,17-19H,5,7,9-14H2,(H,24,26)/t17-,18+,19-/m0/s1. The summed E-state index contributed by atoms with van der Waals surface area (Å²) in [5.74, 6) is -1.98. The molecule has 1 saturated heterocycles. The van der Waals surface area contributed by atoms with Crippen molar-refractivity contribution in [3.8, 4) is 0 Å². The minimum Gasteiger partial charge on any atom is -0.456 e. The second-order valence-electron chi connectivity index (χ2n) is 8.11. The van der Waals surface area contributed by atoms with E-state index in [-0.39, 0.29) is 55.2 Å². The van der Waals surface area contributed by atoms with Crippen molar-refractivity contribution in [3.05, 3.63) is 47.5 Å². The summed E-state index contributed by atoms with van der Waals surface area (Å²) in [7, 11) is 0. The Labute approximate surface area is 175 Å². The van der Waals surface area contributed by atoms with E-state index in [1.807, 2.05) is 30.4 Å². The number of ether oxygens (including phenoxy) is 1. The summed E-state index contributed by atoms with van der Waals surface area (Å²) < 4.78 is 5.07. The maximum Gasteiger partial charge on any atom is 0.308 e. The Morgan fingerprint density at radius 2 is 1.77 bits per heavy atom. The van der Waals surface area contributed by atoms with Gasteiger partial charge in [-0.25, -0.2) is 0 Å². The van der Waals surface area contributed by atoms with Crippen LogP contribution in [0.3, 0.4) is 0 Å². The van der Waals surface area contributed by atoms with Crippen molar-refractivity contribution in [2.45, 2.75) is 44.6 Å². The highest BCUT2D eigenvalue weighted by Crippen LogP contribution is 2.35. The number of carbonyl (C=O) groups is 4. The lowest BCUT2D eigenvalue weighted by atomic mass is 9.85. The number of nitrogens with zero attached hydrogens (tertiary/aromatic N) is 1. The van der Waals surface area contributed by atoms with Crippen LogP contribution in [0.4, 0.5) is 0 Å². The van der Waals surface area contributed by atoms with Crippen LogP contribution in [0.5, 0.6) is 0 Å². The first-order valence-electron chi connectivity index (χ1n) is 10.6. The number of imide groups is 1. The quantitative estimate of drug-likeness (QED) is 0.440. The second kappa shape index (κ2) is 8.81. The summed E-state index contributed by atoms with van der Waals surface area (Å²) in [6.45, 7) is -0.365. The van der Waals surface area contributed by atoms with E-state index < -0.39 is 5.97 Å². The van der Waals surface area contributed by atoms with Crippen molar-refractivity contribution in [3.63, 3.8) is 0 Å². The number of benzene rings is 1. The SMILES string of the molecule is O=C(COC(=O)CCN1C(=O)[C@H]2CC=CC[C@H]2C1=O)N[C@H]1CCCc2ccccc21. The lowest BCUT2D eigenvalue weighted by molar-refractivity contribution is -0.150. The zero-order valence-electron chi connectivity index (χ0n) is 16.8. The Balaban J connectivity index is 1.22. The Morgan fingerprint density at radius 3 is 2.50 bits per heavy atom. The van der Waals surface area contributed by atoms with Crippen LogP contribution in [-0.4, -0.2) is 41.7 Å². The van der Waals surface area contributed by atoms with E-state index in [1.165, 1.54) is 10.5 Å². The molecule has 1 aromatic rings. The molecule has 158 valence electrons. The van der Waals surface area contributed by atoms with E-state index in [0.717, 1.165) is 24.8 Å². The molecule has 1 aliphatic heterocycles. The van der Waals surface area contributed by atoms with E-state index in [1.54, 1.807) is 0 Å². The molecule has 3 aliphatic rings. The highest BCUT2D eigenvalue weighted by Gasteiger charge is 2.46. The molecule has 7 nitrogen and oxygen atoms in total. The molecule has 3 atom stereocenters. The number of esters is 1. The van der Waals surface area contributed by atoms with E-state index >= 15 is 0 Å². The summed E-state index contributed by atoms with van der Waals surface area (Å²) in [5.41, 5.74) is 2.35. The van der Waals surface area contributed by atoms with Crippen molar-refractivity contribution in [2.75, 3.05) is 13.2 Å². The van der Waals surface area contributed by atoms with Crippen LogP contribution in [0.25, 0.3) is 0 Å². The van der Waals surface area contributed by atoms with Gasteiger partial charge in [0.15, 0.2) is 6.61 Å². The molecule has 1 N–H and O–H groups in total. The Morgan fingerprint density at radius 1 is 1.07 bits per heavy atom. The summed E-state index contributed by atoms with van der Waals surface area (Å²) >= 11 is 0. The third kappa shape index (κ3) is 4.15. The van der Waals surface area contributed by atoms with Gasteiger partial charge in [0.2, 0.25) is 11.8 Å². The number of hydrogen-bond acceptors (Lipinski definition) is 5. The highest BCUT2D eigenvalue weighted by atomic mass is 16.5. The van der Waals surface area contributed by atoms with Gasteiger partial charge >= 0.3 is 5.97 Å². The van der Waals surface area contributed by atoms with E-state index in [9.17, 15) is 19.2 Å². The Kier molecular flexibility index (Phi) is 5.97. The second-order valence-corrected chi connectivity index (χ2v) is 8.11. The van der Waals surface area contributed by atoms with Crippen LogP contribution in [0, 0.1) is 11.8 Å². The third-order valence-corrected chi connectivity index (χ3v) is 6.21. The van der Waals surface area contributed by atoms with E-state index in [2.05, 4.69) is 11.4 Å². The summed E-state index contributed by atoms with van der Waals surface area (Å²) in [5, 5.41) is 2.93. The third-order valence-electron chi connectivity index (χ3n) is 6.21. The van der Waals surface area contributed by atoms with Gasteiger partial charge < -0.3 is 10.1 Å².